The molecule has 3 heterocycles. The van der Waals surface area contributed by atoms with Crippen LogP contribution in [0.2, 0.25) is 0 Å². The number of hydrogen-bond donors (Lipinski definition) is 0. The van der Waals surface area contributed by atoms with Gasteiger partial charge in [-0.3, -0.25) is 9.69 Å². The van der Waals surface area contributed by atoms with Crippen LogP contribution in [0.5, 0.6) is 0 Å². The molecule has 4 rings (SSSR count). The number of ether oxygens (including phenoxy) is 1. The molecule has 7 heteroatoms. The molecule has 26 heavy (non-hydrogen) atoms. The monoisotopic (exact) mass is 365 g/mol. The van der Waals surface area contributed by atoms with E-state index in [9.17, 15) is 9.18 Å². The van der Waals surface area contributed by atoms with E-state index in [0.717, 1.165) is 55.9 Å². The summed E-state index contributed by atoms with van der Waals surface area (Å²) in [6, 6.07) is 0. The first-order valence-electron chi connectivity index (χ1n) is 9.67. The Morgan fingerprint density at radius 1 is 1.19 bits per heavy atom. The van der Waals surface area contributed by atoms with E-state index in [1.807, 2.05) is 13.8 Å². The Morgan fingerprint density at radius 3 is 2.65 bits per heavy atom. The number of piperidine rings is 1. The fourth-order valence-corrected chi connectivity index (χ4v) is 4.53. The number of rotatable bonds is 3. The second-order valence-electron chi connectivity index (χ2n) is 8.19. The Bertz CT molecular complexity index is 664. The summed E-state index contributed by atoms with van der Waals surface area (Å²) in [7, 11) is 0. The molecule has 2 aliphatic heterocycles. The number of alkyl halides is 1. The first-order chi connectivity index (χ1) is 12.4. The van der Waals surface area contributed by atoms with Crippen molar-refractivity contribution < 1.29 is 18.4 Å². The van der Waals surface area contributed by atoms with Crippen molar-refractivity contribution in [2.75, 3.05) is 32.8 Å². The molecule has 0 radical (unpaired) electrons. The molecular weight excluding hydrogens is 337 g/mol. The van der Waals surface area contributed by atoms with Gasteiger partial charge in [0.05, 0.1) is 24.4 Å². The standard InChI is InChI=1S/C19H28FN3O3/c1-14-16(15(2)26-21-14)11-22-8-4-5-18(12-22)13-23(9-10-25-18)17(24)19(20)6-3-7-19/h3-13H2,1-2H3. The first kappa shape index (κ1) is 17.9. The van der Waals surface area contributed by atoms with Crippen molar-refractivity contribution in [2.24, 2.45) is 0 Å². The molecule has 1 aliphatic carbocycles. The highest BCUT2D eigenvalue weighted by Gasteiger charge is 2.50. The minimum absolute atomic E-state index is 0.325. The van der Waals surface area contributed by atoms with E-state index in [2.05, 4.69) is 10.1 Å². The molecule has 0 N–H and O–H groups in total. The molecule has 144 valence electrons. The van der Waals surface area contributed by atoms with Gasteiger partial charge in [0.1, 0.15) is 5.76 Å². The SMILES string of the molecule is Cc1noc(C)c1CN1CCCC2(C1)CN(C(=O)C1(F)CCC1)CCO2. The van der Waals surface area contributed by atoms with Crippen LogP contribution in [-0.2, 0) is 16.1 Å². The molecular formula is C19H28FN3O3. The molecule has 1 aromatic rings. The third-order valence-corrected chi connectivity index (χ3v) is 6.25. The average Bonchev–Trinajstić information content (AvgIpc) is 2.91. The van der Waals surface area contributed by atoms with Gasteiger partial charge < -0.3 is 14.2 Å². The van der Waals surface area contributed by atoms with Gasteiger partial charge in [0, 0.05) is 25.2 Å². The Kier molecular flexibility index (Phi) is 4.55. The fourth-order valence-electron chi connectivity index (χ4n) is 4.53. The zero-order valence-electron chi connectivity index (χ0n) is 15.7. The quantitative estimate of drug-likeness (QED) is 0.823. The van der Waals surface area contributed by atoms with Crippen LogP contribution in [-0.4, -0.2) is 64.9 Å². The number of carbonyl (C=O) groups is 1. The summed E-state index contributed by atoms with van der Waals surface area (Å²) in [5, 5.41) is 4.04. The van der Waals surface area contributed by atoms with Crippen molar-refractivity contribution in [3.05, 3.63) is 17.0 Å². The summed E-state index contributed by atoms with van der Waals surface area (Å²) < 4.78 is 26.0. The van der Waals surface area contributed by atoms with Crippen LogP contribution in [0.4, 0.5) is 4.39 Å². The van der Waals surface area contributed by atoms with Gasteiger partial charge in [-0.1, -0.05) is 5.16 Å². The normalized spacial score (nSPS) is 29.0. The smallest absolute Gasteiger partial charge is 0.260 e. The van der Waals surface area contributed by atoms with Gasteiger partial charge >= 0.3 is 0 Å². The lowest BCUT2D eigenvalue weighted by Crippen LogP contribution is -2.63. The summed E-state index contributed by atoms with van der Waals surface area (Å²) in [6.45, 7) is 7.88. The molecule has 3 fully saturated rings. The van der Waals surface area contributed by atoms with Crippen molar-refractivity contribution in [2.45, 2.75) is 63.8 Å². The van der Waals surface area contributed by atoms with E-state index in [-0.39, 0.29) is 11.5 Å². The van der Waals surface area contributed by atoms with E-state index < -0.39 is 5.67 Å². The highest BCUT2D eigenvalue weighted by atomic mass is 19.1. The van der Waals surface area contributed by atoms with E-state index in [1.54, 1.807) is 4.90 Å². The van der Waals surface area contributed by atoms with Gasteiger partial charge in [-0.05, 0) is 52.5 Å². The number of halogens is 1. The molecule has 1 amide bonds. The molecule has 3 aliphatic rings. The summed E-state index contributed by atoms with van der Waals surface area (Å²) in [5.41, 5.74) is 0.0465. The molecule has 1 unspecified atom stereocenters. The fraction of sp³-hybridized carbons (Fsp3) is 0.789. The van der Waals surface area contributed by atoms with Crippen LogP contribution in [0.3, 0.4) is 0 Å². The number of morpholine rings is 1. The Balaban J connectivity index is 1.44. The largest absolute Gasteiger partial charge is 0.370 e. The zero-order valence-corrected chi connectivity index (χ0v) is 15.7. The Morgan fingerprint density at radius 2 is 2.00 bits per heavy atom. The lowest BCUT2D eigenvalue weighted by molar-refractivity contribution is -0.174. The number of hydrogen-bond acceptors (Lipinski definition) is 5. The third kappa shape index (κ3) is 3.16. The van der Waals surface area contributed by atoms with Crippen molar-refractivity contribution in [3.63, 3.8) is 0 Å². The van der Waals surface area contributed by atoms with Crippen molar-refractivity contribution in [3.8, 4) is 0 Å². The maximum absolute atomic E-state index is 14.6. The van der Waals surface area contributed by atoms with Crippen LogP contribution in [0.25, 0.3) is 0 Å². The summed E-state index contributed by atoms with van der Waals surface area (Å²) in [6.07, 6.45) is 3.46. The van der Waals surface area contributed by atoms with Crippen LogP contribution in [0.15, 0.2) is 4.52 Å². The second-order valence-corrected chi connectivity index (χ2v) is 8.19. The minimum atomic E-state index is -1.62. The van der Waals surface area contributed by atoms with Crippen LogP contribution in [0.1, 0.15) is 49.1 Å². The molecule has 0 bridgehead atoms. The Hall–Kier alpha value is -1.47. The van der Waals surface area contributed by atoms with Gasteiger partial charge in [0.15, 0.2) is 5.67 Å². The molecule has 1 saturated carbocycles. The van der Waals surface area contributed by atoms with Crippen molar-refractivity contribution >= 4 is 5.91 Å². The van der Waals surface area contributed by atoms with E-state index in [4.69, 9.17) is 9.26 Å². The molecule has 1 aromatic heterocycles. The number of aromatic nitrogens is 1. The summed E-state index contributed by atoms with van der Waals surface area (Å²) in [5.74, 6) is 0.530. The second kappa shape index (κ2) is 6.60. The molecule has 6 nitrogen and oxygen atoms in total. The highest BCUT2D eigenvalue weighted by Crippen LogP contribution is 2.39. The molecule has 1 spiro atoms. The van der Waals surface area contributed by atoms with Crippen LogP contribution < -0.4 is 0 Å². The topological polar surface area (TPSA) is 58.8 Å². The average molecular weight is 365 g/mol. The van der Waals surface area contributed by atoms with Gasteiger partial charge in [-0.25, -0.2) is 4.39 Å². The van der Waals surface area contributed by atoms with Gasteiger partial charge in [0.25, 0.3) is 5.91 Å². The van der Waals surface area contributed by atoms with Crippen LogP contribution in [0, 0.1) is 13.8 Å². The predicted octanol–water partition coefficient (Wildman–Crippen LogP) is 2.38. The van der Waals surface area contributed by atoms with Crippen LogP contribution >= 0.6 is 0 Å². The summed E-state index contributed by atoms with van der Waals surface area (Å²) >= 11 is 0. The van der Waals surface area contributed by atoms with Gasteiger partial charge in [-0.2, -0.15) is 0 Å². The van der Waals surface area contributed by atoms with Crippen molar-refractivity contribution in [1.29, 1.82) is 0 Å². The number of amides is 1. The maximum atomic E-state index is 14.6. The lowest BCUT2D eigenvalue weighted by atomic mass is 9.80. The molecule has 0 aromatic carbocycles. The minimum Gasteiger partial charge on any atom is -0.370 e. The highest BCUT2D eigenvalue weighted by molar-refractivity contribution is 5.86. The van der Waals surface area contributed by atoms with Crippen molar-refractivity contribution in [1.82, 2.24) is 15.0 Å². The van der Waals surface area contributed by atoms with E-state index in [1.165, 1.54) is 0 Å². The number of likely N-dealkylation sites (tertiary alicyclic amines) is 1. The third-order valence-electron chi connectivity index (χ3n) is 6.25. The Labute approximate surface area is 153 Å². The number of aryl methyl sites for hydroxylation is 2. The van der Waals surface area contributed by atoms with E-state index in [0.29, 0.717) is 32.5 Å². The predicted molar refractivity (Wildman–Crippen MR) is 93.4 cm³/mol. The van der Waals surface area contributed by atoms with Gasteiger partial charge in [-0.15, -0.1) is 0 Å². The molecule has 2 saturated heterocycles. The molecule has 1 atom stereocenters. The van der Waals surface area contributed by atoms with E-state index >= 15 is 0 Å². The number of nitrogens with zero attached hydrogens (tertiary/aromatic N) is 3. The van der Waals surface area contributed by atoms with Gasteiger partial charge in [0.2, 0.25) is 0 Å². The summed E-state index contributed by atoms with van der Waals surface area (Å²) in [4.78, 5) is 16.7. The number of carbonyl (C=O) groups excluding carboxylic acids is 1. The maximum Gasteiger partial charge on any atom is 0.260 e. The zero-order chi connectivity index (χ0) is 18.4. The lowest BCUT2D eigenvalue weighted by Gasteiger charge is -2.49. The first-order valence-corrected chi connectivity index (χ1v) is 9.67.